The SMILES string of the molecule is CN[C@H]1CCN(c2cc3c(cc2F)c(=O)c(CN(Cc2ccnc(C)c2)C2CCCN(c4ccc(C)nc4)C2)cn3C2CC2)C1. The minimum Gasteiger partial charge on any atom is -0.369 e. The molecule has 2 aliphatic heterocycles. The van der Waals surface area contributed by atoms with E-state index in [1.807, 2.05) is 39.4 Å². The Hall–Kier alpha value is -3.82. The highest BCUT2D eigenvalue weighted by molar-refractivity contribution is 5.84. The summed E-state index contributed by atoms with van der Waals surface area (Å²) in [7, 11) is 1.96. The van der Waals surface area contributed by atoms with E-state index >= 15 is 4.39 Å². The van der Waals surface area contributed by atoms with E-state index in [1.54, 1.807) is 0 Å². The number of aryl methyl sites for hydroxylation is 2. The third-order valence-electron chi connectivity index (χ3n) is 9.95. The van der Waals surface area contributed by atoms with Gasteiger partial charge in [-0.1, -0.05) is 0 Å². The number of piperidine rings is 1. The molecule has 236 valence electrons. The highest BCUT2D eigenvalue weighted by Crippen LogP contribution is 2.39. The fraction of sp³-hybridized carbons (Fsp3) is 0.472. The molecule has 2 atom stereocenters. The van der Waals surface area contributed by atoms with Crippen molar-refractivity contribution in [3.8, 4) is 0 Å². The van der Waals surface area contributed by atoms with Gasteiger partial charge < -0.3 is 19.7 Å². The van der Waals surface area contributed by atoms with Crippen LogP contribution >= 0.6 is 0 Å². The van der Waals surface area contributed by atoms with E-state index in [1.165, 1.54) is 11.6 Å². The average Bonchev–Trinajstić information content (AvgIpc) is 3.78. The molecule has 8 nitrogen and oxygen atoms in total. The monoisotopic (exact) mass is 609 g/mol. The van der Waals surface area contributed by atoms with Gasteiger partial charge in [0.15, 0.2) is 5.43 Å². The first kappa shape index (κ1) is 29.9. The van der Waals surface area contributed by atoms with Gasteiger partial charge in [0, 0.05) is 92.1 Å². The van der Waals surface area contributed by atoms with Crippen LogP contribution < -0.4 is 20.5 Å². The second-order valence-electron chi connectivity index (χ2n) is 13.3. The molecular weight excluding hydrogens is 565 g/mol. The average molecular weight is 610 g/mol. The highest BCUT2D eigenvalue weighted by Gasteiger charge is 2.31. The molecule has 0 amide bonds. The van der Waals surface area contributed by atoms with Gasteiger partial charge in [0.05, 0.1) is 23.1 Å². The third-order valence-corrected chi connectivity index (χ3v) is 9.95. The van der Waals surface area contributed by atoms with Gasteiger partial charge in [-0.25, -0.2) is 4.39 Å². The predicted molar refractivity (Wildman–Crippen MR) is 179 cm³/mol. The maximum atomic E-state index is 15.7. The normalized spacial score (nSPS) is 20.5. The molecule has 5 heterocycles. The highest BCUT2D eigenvalue weighted by atomic mass is 19.1. The minimum atomic E-state index is -0.311. The summed E-state index contributed by atoms with van der Waals surface area (Å²) >= 11 is 0. The smallest absolute Gasteiger partial charge is 0.193 e. The zero-order valence-electron chi connectivity index (χ0n) is 26.7. The zero-order chi connectivity index (χ0) is 31.1. The van der Waals surface area contributed by atoms with Crippen LogP contribution in [0.5, 0.6) is 0 Å². The quantitative estimate of drug-likeness (QED) is 0.274. The molecule has 0 spiro atoms. The molecule has 4 aromatic rings. The van der Waals surface area contributed by atoms with Crippen molar-refractivity contribution in [1.82, 2.24) is 24.8 Å². The minimum absolute atomic E-state index is 0.0619. The van der Waals surface area contributed by atoms with E-state index in [0.717, 1.165) is 86.4 Å². The van der Waals surface area contributed by atoms with Crippen LogP contribution in [-0.2, 0) is 13.1 Å². The number of pyridine rings is 3. The van der Waals surface area contributed by atoms with Crippen LogP contribution in [0.2, 0.25) is 0 Å². The van der Waals surface area contributed by atoms with Crippen molar-refractivity contribution in [3.05, 3.63) is 93.5 Å². The number of hydrogen-bond acceptors (Lipinski definition) is 7. The van der Waals surface area contributed by atoms with E-state index in [4.69, 9.17) is 0 Å². The molecule has 3 aliphatic rings. The lowest BCUT2D eigenvalue weighted by atomic mass is 10.0. The molecule has 1 aliphatic carbocycles. The fourth-order valence-corrected chi connectivity index (χ4v) is 7.24. The van der Waals surface area contributed by atoms with Crippen molar-refractivity contribution in [1.29, 1.82) is 0 Å². The molecule has 0 radical (unpaired) electrons. The first-order valence-corrected chi connectivity index (χ1v) is 16.5. The van der Waals surface area contributed by atoms with E-state index in [2.05, 4.69) is 65.0 Å². The lowest BCUT2D eigenvalue weighted by Gasteiger charge is -2.40. The number of likely N-dealkylation sites (N-methyl/N-ethyl adjacent to an activating group) is 1. The Labute approximate surface area is 264 Å². The molecule has 0 bridgehead atoms. The lowest BCUT2D eigenvalue weighted by Crippen LogP contribution is -2.48. The van der Waals surface area contributed by atoms with Gasteiger partial charge in [-0.2, -0.15) is 0 Å². The molecule has 9 heteroatoms. The van der Waals surface area contributed by atoms with Crippen LogP contribution in [0.1, 0.15) is 60.7 Å². The maximum Gasteiger partial charge on any atom is 0.193 e. The third kappa shape index (κ3) is 6.33. The van der Waals surface area contributed by atoms with Crippen molar-refractivity contribution >= 4 is 22.3 Å². The van der Waals surface area contributed by atoms with Crippen LogP contribution in [0.15, 0.2) is 59.8 Å². The van der Waals surface area contributed by atoms with Crippen LogP contribution in [0.25, 0.3) is 10.9 Å². The fourth-order valence-electron chi connectivity index (χ4n) is 7.24. The number of benzene rings is 1. The van der Waals surface area contributed by atoms with E-state index in [0.29, 0.717) is 36.2 Å². The van der Waals surface area contributed by atoms with Crippen LogP contribution in [0, 0.1) is 19.7 Å². The molecule has 1 N–H and O–H groups in total. The summed E-state index contributed by atoms with van der Waals surface area (Å²) < 4.78 is 18.0. The largest absolute Gasteiger partial charge is 0.369 e. The lowest BCUT2D eigenvalue weighted by molar-refractivity contribution is 0.158. The van der Waals surface area contributed by atoms with Gasteiger partial charge in [0.25, 0.3) is 0 Å². The number of anilines is 2. The summed E-state index contributed by atoms with van der Waals surface area (Å²) in [4.78, 5) is 30.1. The van der Waals surface area contributed by atoms with Gasteiger partial charge in [-0.3, -0.25) is 19.7 Å². The van der Waals surface area contributed by atoms with Gasteiger partial charge in [-0.15, -0.1) is 0 Å². The zero-order valence-corrected chi connectivity index (χ0v) is 26.7. The first-order chi connectivity index (χ1) is 21.9. The van der Waals surface area contributed by atoms with Crippen molar-refractivity contribution in [2.75, 3.05) is 43.0 Å². The number of rotatable bonds is 9. The van der Waals surface area contributed by atoms with Crippen molar-refractivity contribution in [2.24, 2.45) is 0 Å². The molecular formula is C36H44FN7O. The molecule has 45 heavy (non-hydrogen) atoms. The Kier molecular flexibility index (Phi) is 8.31. The maximum absolute atomic E-state index is 15.7. The standard InChI is InChI=1S/C36H44FN7O/c1-24-6-7-30(18-40-24)41-13-4-5-31(23-41)43(19-26-10-12-39-25(2)15-26)20-27-21-44(29-8-9-29)34-17-35(33(37)16-32(34)36(27)45)42-14-11-28(22-42)38-3/h6-7,10,12,15-18,21,28-29,31,38H,4-5,8-9,11,13-14,19-20,22-23H2,1-3H3/t28-,31?/m0/s1. The topological polar surface area (TPSA) is 69.5 Å². The molecule has 3 aromatic heterocycles. The van der Waals surface area contributed by atoms with E-state index in [9.17, 15) is 4.79 Å². The Balaban J connectivity index is 1.24. The number of aromatic nitrogens is 3. The van der Waals surface area contributed by atoms with E-state index in [-0.39, 0.29) is 17.3 Å². The molecule has 2 saturated heterocycles. The Morgan fingerprint density at radius 1 is 0.956 bits per heavy atom. The number of nitrogens with zero attached hydrogens (tertiary/aromatic N) is 6. The van der Waals surface area contributed by atoms with Crippen molar-refractivity contribution < 1.29 is 4.39 Å². The van der Waals surface area contributed by atoms with Gasteiger partial charge in [0.1, 0.15) is 5.82 Å². The molecule has 1 unspecified atom stereocenters. The Morgan fingerprint density at radius 2 is 1.82 bits per heavy atom. The molecule has 7 rings (SSSR count). The van der Waals surface area contributed by atoms with Gasteiger partial charge >= 0.3 is 0 Å². The Bertz CT molecular complexity index is 1730. The van der Waals surface area contributed by atoms with Crippen LogP contribution in [0.4, 0.5) is 15.8 Å². The van der Waals surface area contributed by atoms with Crippen LogP contribution in [-0.4, -0.2) is 64.7 Å². The summed E-state index contributed by atoms with van der Waals surface area (Å²) in [5, 5.41) is 3.81. The number of halogens is 1. The summed E-state index contributed by atoms with van der Waals surface area (Å²) in [6.45, 7) is 8.67. The van der Waals surface area contributed by atoms with Gasteiger partial charge in [0.2, 0.25) is 0 Å². The van der Waals surface area contributed by atoms with Crippen LogP contribution in [0.3, 0.4) is 0 Å². The van der Waals surface area contributed by atoms with Crippen molar-refractivity contribution in [3.63, 3.8) is 0 Å². The second kappa shape index (κ2) is 12.5. The number of nitrogens with one attached hydrogen (secondary N) is 1. The summed E-state index contributed by atoms with van der Waals surface area (Å²) in [6.07, 6.45) is 11.2. The van der Waals surface area contributed by atoms with Crippen molar-refractivity contribution in [2.45, 2.75) is 77.2 Å². The van der Waals surface area contributed by atoms with E-state index < -0.39 is 0 Å². The second-order valence-corrected chi connectivity index (χ2v) is 13.3. The summed E-state index contributed by atoms with van der Waals surface area (Å²) in [5.41, 5.74) is 6.43. The summed E-state index contributed by atoms with van der Waals surface area (Å²) in [5.74, 6) is -0.311. The first-order valence-electron chi connectivity index (χ1n) is 16.5. The number of fused-ring (bicyclic) bond motifs is 1. The summed E-state index contributed by atoms with van der Waals surface area (Å²) in [6, 6.07) is 12.8. The molecule has 3 fully saturated rings. The predicted octanol–water partition coefficient (Wildman–Crippen LogP) is 5.35. The molecule has 1 aromatic carbocycles. The van der Waals surface area contributed by atoms with Gasteiger partial charge in [-0.05, 0) is 95.0 Å². The number of hydrogen-bond donors (Lipinski definition) is 1. The Morgan fingerprint density at radius 3 is 2.56 bits per heavy atom. The molecule has 1 saturated carbocycles.